The van der Waals surface area contributed by atoms with Crippen LogP contribution in [-0.4, -0.2) is 10.7 Å². The maximum absolute atomic E-state index is 8.52. The van der Waals surface area contributed by atoms with Crippen LogP contribution in [0.2, 0.25) is 0 Å². The van der Waals surface area contributed by atoms with E-state index < -0.39 is 22.6 Å². The van der Waals surface area contributed by atoms with E-state index >= 15 is 0 Å². The molecule has 0 spiro atoms. The average Bonchev–Trinajstić information content (AvgIpc) is 1.27. The molecular formula is C4H10Cl2OTi. The quantitative estimate of drug-likeness (QED) is 0.584. The fraction of sp³-hybridized carbons (Fsp3) is 1.00. The van der Waals surface area contributed by atoms with Crippen LogP contribution in [0.15, 0.2) is 0 Å². The zero-order valence-corrected chi connectivity index (χ0v) is 8.28. The summed E-state index contributed by atoms with van der Waals surface area (Å²) in [6.07, 6.45) is 0. The van der Waals surface area contributed by atoms with Crippen LogP contribution < -0.4 is 0 Å². The van der Waals surface area contributed by atoms with E-state index in [4.69, 9.17) is 23.7 Å². The molecule has 0 saturated carbocycles. The van der Waals surface area contributed by atoms with Crippen LogP contribution in [-0.2, 0) is 17.0 Å². The topological polar surface area (TPSA) is 20.2 Å². The number of rotatable bonds is 0. The summed E-state index contributed by atoms with van der Waals surface area (Å²) < 4.78 is 0. The first-order chi connectivity index (χ1) is 3.41. The summed E-state index contributed by atoms with van der Waals surface area (Å²) in [4.78, 5) is 0. The number of halogens is 2. The van der Waals surface area contributed by atoms with Gasteiger partial charge in [0.05, 0.1) is 5.60 Å². The normalized spacial score (nSPS) is 9.25. The van der Waals surface area contributed by atoms with Crippen LogP contribution in [0.1, 0.15) is 20.8 Å². The molecule has 0 bridgehead atoms. The Kier molecular flexibility index (Phi) is 9.55. The van der Waals surface area contributed by atoms with Crippen LogP contribution in [0.3, 0.4) is 0 Å². The molecule has 50 valence electrons. The van der Waals surface area contributed by atoms with E-state index in [0.29, 0.717) is 0 Å². The molecule has 0 aromatic rings. The summed E-state index contributed by atoms with van der Waals surface area (Å²) in [5, 5.41) is 8.52. The summed E-state index contributed by atoms with van der Waals surface area (Å²) in [6, 6.07) is 0. The summed E-state index contributed by atoms with van der Waals surface area (Å²) in [6.45, 7) is 5.23. The van der Waals surface area contributed by atoms with Crippen molar-refractivity contribution < 1.29 is 22.1 Å². The summed E-state index contributed by atoms with van der Waals surface area (Å²) >= 11 is -0.556. The molecule has 0 rings (SSSR count). The Morgan fingerprint density at radius 3 is 1.25 bits per heavy atom. The van der Waals surface area contributed by atoms with Gasteiger partial charge >= 0.3 is 35.6 Å². The molecule has 0 fully saturated rings. The fourth-order valence-corrected chi connectivity index (χ4v) is 0. The van der Waals surface area contributed by atoms with E-state index in [-0.39, 0.29) is 0 Å². The third kappa shape index (κ3) is 180. The predicted octanol–water partition coefficient (Wildman–Crippen LogP) is 2.15. The van der Waals surface area contributed by atoms with Gasteiger partial charge in [-0.15, -0.1) is 0 Å². The van der Waals surface area contributed by atoms with Gasteiger partial charge in [0, 0.05) is 0 Å². The first kappa shape index (κ1) is 12.0. The van der Waals surface area contributed by atoms with Crippen molar-refractivity contribution in [3.05, 3.63) is 0 Å². The van der Waals surface area contributed by atoms with Gasteiger partial charge in [0.15, 0.2) is 0 Å². The van der Waals surface area contributed by atoms with E-state index in [9.17, 15) is 0 Å². The first-order valence-corrected chi connectivity index (χ1v) is 6.40. The monoisotopic (exact) mass is 192 g/mol. The molecule has 0 aliphatic heterocycles. The molecular weight excluding hydrogens is 183 g/mol. The Bertz CT molecular complexity index is 37.8. The Morgan fingerprint density at radius 2 is 1.25 bits per heavy atom. The first-order valence-electron chi connectivity index (χ1n) is 2.10. The van der Waals surface area contributed by atoms with E-state index in [0.717, 1.165) is 0 Å². The van der Waals surface area contributed by atoms with E-state index in [2.05, 4.69) is 0 Å². The molecule has 0 unspecified atom stereocenters. The molecule has 0 atom stereocenters. The average molecular weight is 193 g/mol. The minimum atomic E-state index is -0.556. The van der Waals surface area contributed by atoms with Crippen LogP contribution in [0.25, 0.3) is 0 Å². The Labute approximate surface area is 67.1 Å². The van der Waals surface area contributed by atoms with Crippen molar-refractivity contribution in [1.29, 1.82) is 0 Å². The molecule has 0 saturated heterocycles. The molecule has 0 amide bonds. The van der Waals surface area contributed by atoms with E-state index in [1.165, 1.54) is 0 Å². The van der Waals surface area contributed by atoms with Crippen LogP contribution in [0.4, 0.5) is 0 Å². The fourth-order valence-electron chi connectivity index (χ4n) is 0. The van der Waals surface area contributed by atoms with Crippen molar-refractivity contribution in [1.82, 2.24) is 0 Å². The van der Waals surface area contributed by atoms with Gasteiger partial charge in [-0.2, -0.15) is 0 Å². The van der Waals surface area contributed by atoms with Crippen molar-refractivity contribution in [3.8, 4) is 0 Å². The van der Waals surface area contributed by atoms with Gasteiger partial charge in [0.25, 0.3) is 0 Å². The predicted molar refractivity (Wildman–Crippen MR) is 33.7 cm³/mol. The second-order valence-corrected chi connectivity index (χ2v) is 4.82. The SMILES string of the molecule is CC(C)(C)O.[Cl][Ti][Cl]. The second kappa shape index (κ2) is 6.38. The maximum atomic E-state index is 8.52. The molecule has 1 N–H and O–H groups in total. The van der Waals surface area contributed by atoms with Crippen molar-refractivity contribution in [2.75, 3.05) is 0 Å². The summed E-state index contributed by atoms with van der Waals surface area (Å²) in [7, 11) is 9.78. The van der Waals surface area contributed by atoms with Gasteiger partial charge in [-0.25, -0.2) is 0 Å². The molecule has 1 nitrogen and oxygen atoms in total. The van der Waals surface area contributed by atoms with E-state index in [1.54, 1.807) is 20.8 Å². The molecule has 4 heteroatoms. The summed E-state index contributed by atoms with van der Waals surface area (Å²) in [5.74, 6) is 0. The summed E-state index contributed by atoms with van der Waals surface area (Å²) in [5.41, 5.74) is -0.500. The number of hydrogen-bond acceptors (Lipinski definition) is 1. The zero-order chi connectivity index (χ0) is 7.21. The van der Waals surface area contributed by atoms with E-state index in [1.807, 2.05) is 0 Å². The molecule has 0 aromatic heterocycles. The van der Waals surface area contributed by atoms with Crippen molar-refractivity contribution in [2.45, 2.75) is 26.4 Å². The second-order valence-electron chi connectivity index (χ2n) is 2.24. The molecule has 8 heavy (non-hydrogen) atoms. The van der Waals surface area contributed by atoms with Gasteiger partial charge < -0.3 is 5.11 Å². The molecule has 0 aliphatic carbocycles. The van der Waals surface area contributed by atoms with Crippen LogP contribution in [0.5, 0.6) is 0 Å². The Hall–Kier alpha value is 1.25. The number of hydrogen-bond donors (Lipinski definition) is 1. The standard InChI is InChI=1S/C4H10O.2ClH.Ti/c1-4(2,3)5;;;/h5H,1-3H3;2*1H;/q;;;+2/p-2. The molecule has 0 heterocycles. The van der Waals surface area contributed by atoms with Crippen LogP contribution in [0, 0.1) is 0 Å². The van der Waals surface area contributed by atoms with Crippen LogP contribution >= 0.6 is 18.6 Å². The Balaban J connectivity index is 0. The van der Waals surface area contributed by atoms with Crippen molar-refractivity contribution in [2.24, 2.45) is 0 Å². The molecule has 0 aromatic carbocycles. The molecule has 0 aliphatic rings. The third-order valence-electron chi connectivity index (χ3n) is 0. The van der Waals surface area contributed by atoms with Gasteiger partial charge in [0.1, 0.15) is 0 Å². The van der Waals surface area contributed by atoms with Gasteiger partial charge in [-0.1, -0.05) is 0 Å². The third-order valence-corrected chi connectivity index (χ3v) is 0. The molecule has 0 radical (unpaired) electrons. The Morgan fingerprint density at radius 1 is 1.25 bits per heavy atom. The number of aliphatic hydroxyl groups is 1. The van der Waals surface area contributed by atoms with Gasteiger partial charge in [0.2, 0.25) is 0 Å². The van der Waals surface area contributed by atoms with Gasteiger partial charge in [-0.3, -0.25) is 0 Å². The van der Waals surface area contributed by atoms with Crippen molar-refractivity contribution in [3.63, 3.8) is 0 Å². The van der Waals surface area contributed by atoms with Gasteiger partial charge in [-0.05, 0) is 20.8 Å². The minimum absolute atomic E-state index is 0.500. The van der Waals surface area contributed by atoms with Crippen molar-refractivity contribution >= 4 is 18.6 Å². The zero-order valence-electron chi connectivity index (χ0n) is 5.20.